The van der Waals surface area contributed by atoms with Crippen molar-refractivity contribution in [3.8, 4) is 0 Å². The summed E-state index contributed by atoms with van der Waals surface area (Å²) in [6.07, 6.45) is 5.32. The molecule has 0 unspecified atom stereocenters. The number of carbonyl (C=O) groups is 2. The Kier molecular flexibility index (Phi) is 6.98. The molecule has 1 saturated heterocycles. The Labute approximate surface area is 187 Å². The zero-order chi connectivity index (χ0) is 23.4. The van der Waals surface area contributed by atoms with E-state index in [9.17, 15) is 19.8 Å². The molecule has 0 aliphatic carbocycles. The van der Waals surface area contributed by atoms with Gasteiger partial charge in [-0.3, -0.25) is 4.79 Å². The van der Waals surface area contributed by atoms with E-state index in [-0.39, 0.29) is 6.54 Å². The van der Waals surface area contributed by atoms with Crippen molar-refractivity contribution in [2.45, 2.75) is 45.3 Å². The van der Waals surface area contributed by atoms with Crippen molar-refractivity contribution < 1.29 is 19.8 Å². The minimum absolute atomic E-state index is 0.314. The predicted octanol–water partition coefficient (Wildman–Crippen LogP) is 2.15. The van der Waals surface area contributed by atoms with E-state index in [4.69, 9.17) is 0 Å². The molecule has 32 heavy (non-hydrogen) atoms. The van der Waals surface area contributed by atoms with Gasteiger partial charge in [0, 0.05) is 48.2 Å². The number of benzene rings is 1. The molecule has 9 nitrogen and oxygen atoms in total. The molecule has 0 saturated carbocycles. The van der Waals surface area contributed by atoms with Crippen molar-refractivity contribution >= 4 is 23.5 Å². The van der Waals surface area contributed by atoms with Gasteiger partial charge in [-0.1, -0.05) is 20.8 Å². The van der Waals surface area contributed by atoms with Gasteiger partial charge < -0.3 is 25.7 Å². The van der Waals surface area contributed by atoms with E-state index < -0.39 is 22.9 Å². The molecule has 1 amide bonds. The summed E-state index contributed by atoms with van der Waals surface area (Å²) < 4.78 is 0. The van der Waals surface area contributed by atoms with Crippen LogP contribution >= 0.6 is 0 Å². The second-order valence-corrected chi connectivity index (χ2v) is 9.12. The van der Waals surface area contributed by atoms with Crippen molar-refractivity contribution in [1.29, 1.82) is 0 Å². The summed E-state index contributed by atoms with van der Waals surface area (Å²) in [4.78, 5) is 34.7. The van der Waals surface area contributed by atoms with Gasteiger partial charge in [-0.05, 0) is 43.2 Å². The summed E-state index contributed by atoms with van der Waals surface area (Å²) in [6.45, 7) is 6.22. The maximum absolute atomic E-state index is 12.5. The largest absolute Gasteiger partial charge is 0.479 e. The first-order chi connectivity index (χ1) is 15.1. The Morgan fingerprint density at radius 1 is 1.09 bits per heavy atom. The monoisotopic (exact) mass is 441 g/mol. The second-order valence-electron chi connectivity index (χ2n) is 9.12. The van der Waals surface area contributed by atoms with Crippen molar-refractivity contribution in [1.82, 2.24) is 15.3 Å². The number of aliphatic hydroxyl groups is 1. The number of aliphatic carboxylic acids is 1. The third kappa shape index (κ3) is 5.34. The molecule has 9 heteroatoms. The van der Waals surface area contributed by atoms with Gasteiger partial charge in [-0.15, -0.1) is 0 Å². The molecule has 0 spiro atoms. The van der Waals surface area contributed by atoms with E-state index in [1.165, 1.54) is 0 Å². The molecular formula is C23H31N5O4. The van der Waals surface area contributed by atoms with Gasteiger partial charge in [0.15, 0.2) is 5.60 Å². The summed E-state index contributed by atoms with van der Waals surface area (Å²) >= 11 is 0. The van der Waals surface area contributed by atoms with Crippen LogP contribution in [0.2, 0.25) is 0 Å². The number of carboxylic acid groups (broad SMARTS) is 1. The zero-order valence-corrected chi connectivity index (χ0v) is 18.7. The van der Waals surface area contributed by atoms with E-state index >= 15 is 0 Å². The highest BCUT2D eigenvalue weighted by Gasteiger charge is 2.47. The van der Waals surface area contributed by atoms with Crippen LogP contribution in [-0.4, -0.2) is 63.3 Å². The average Bonchev–Trinajstić information content (AvgIpc) is 2.77. The summed E-state index contributed by atoms with van der Waals surface area (Å²) in [7, 11) is 0. The molecule has 4 N–H and O–H groups in total. The Bertz CT molecular complexity index is 922. The first kappa shape index (κ1) is 23.5. The molecule has 1 fully saturated rings. The SMILES string of the molecule is CC(C)(C)[C@](O)(CNC(=O)c1ccc(N2CCC(Nc3ncccn3)CC2)cc1)C(=O)O. The first-order valence-corrected chi connectivity index (χ1v) is 10.7. The highest BCUT2D eigenvalue weighted by molar-refractivity contribution is 5.95. The summed E-state index contributed by atoms with van der Waals surface area (Å²) in [6, 6.07) is 9.29. The third-order valence-corrected chi connectivity index (χ3v) is 5.99. The first-order valence-electron chi connectivity index (χ1n) is 10.7. The van der Waals surface area contributed by atoms with Gasteiger partial charge in [0.2, 0.25) is 5.95 Å². The number of piperidine rings is 1. The minimum Gasteiger partial charge on any atom is -0.479 e. The smallest absolute Gasteiger partial charge is 0.338 e. The maximum Gasteiger partial charge on any atom is 0.338 e. The van der Waals surface area contributed by atoms with Crippen LogP contribution in [0.3, 0.4) is 0 Å². The normalized spacial score (nSPS) is 16.8. The molecule has 172 valence electrons. The quantitative estimate of drug-likeness (QED) is 0.515. The molecule has 3 rings (SSSR count). The highest BCUT2D eigenvalue weighted by Crippen LogP contribution is 2.30. The number of carbonyl (C=O) groups excluding carboxylic acids is 1. The molecule has 0 radical (unpaired) electrons. The van der Waals surface area contributed by atoms with Crippen molar-refractivity contribution in [3.05, 3.63) is 48.3 Å². The Balaban J connectivity index is 1.54. The molecule has 2 heterocycles. The van der Waals surface area contributed by atoms with Crippen molar-refractivity contribution in [2.24, 2.45) is 5.41 Å². The van der Waals surface area contributed by atoms with Crippen molar-refractivity contribution in [2.75, 3.05) is 29.9 Å². The number of anilines is 2. The van der Waals surface area contributed by atoms with Gasteiger partial charge in [0.05, 0.1) is 6.54 Å². The number of rotatable bonds is 7. The van der Waals surface area contributed by atoms with Crippen LogP contribution in [0.25, 0.3) is 0 Å². The van der Waals surface area contributed by atoms with Gasteiger partial charge >= 0.3 is 5.97 Å². The number of hydrogen-bond acceptors (Lipinski definition) is 7. The Hall–Kier alpha value is -3.20. The fourth-order valence-corrected chi connectivity index (χ4v) is 3.63. The van der Waals surface area contributed by atoms with E-state index in [0.717, 1.165) is 31.6 Å². The van der Waals surface area contributed by atoms with E-state index in [1.807, 2.05) is 12.1 Å². The van der Waals surface area contributed by atoms with Gasteiger partial charge in [-0.25, -0.2) is 14.8 Å². The van der Waals surface area contributed by atoms with E-state index in [1.54, 1.807) is 51.4 Å². The second kappa shape index (κ2) is 9.52. The van der Waals surface area contributed by atoms with Crippen LogP contribution in [0.15, 0.2) is 42.7 Å². The van der Waals surface area contributed by atoms with Crippen LogP contribution in [0.4, 0.5) is 11.6 Å². The number of amides is 1. The van der Waals surface area contributed by atoms with Gasteiger partial charge in [-0.2, -0.15) is 0 Å². The number of aromatic nitrogens is 2. The topological polar surface area (TPSA) is 128 Å². The number of hydrogen-bond donors (Lipinski definition) is 4. The van der Waals surface area contributed by atoms with E-state index in [0.29, 0.717) is 17.6 Å². The lowest BCUT2D eigenvalue weighted by atomic mass is 9.76. The molecule has 1 aromatic heterocycles. The molecule has 1 atom stereocenters. The lowest BCUT2D eigenvalue weighted by Crippen LogP contribution is -2.57. The number of nitrogens with zero attached hydrogens (tertiary/aromatic N) is 3. The third-order valence-electron chi connectivity index (χ3n) is 5.99. The standard InChI is InChI=1S/C23H31N5O4/c1-22(2,3)23(32,20(30)31)15-26-19(29)16-5-7-18(8-6-16)28-13-9-17(10-14-28)27-21-24-11-4-12-25-21/h4-8,11-12,17,32H,9-10,13-15H2,1-3H3,(H,26,29)(H,30,31)(H,24,25,27)/t23-/m0/s1. The van der Waals surface area contributed by atoms with Gasteiger partial charge in [0.25, 0.3) is 5.91 Å². The zero-order valence-electron chi connectivity index (χ0n) is 18.7. The maximum atomic E-state index is 12.5. The summed E-state index contributed by atoms with van der Waals surface area (Å²) in [5.74, 6) is -1.15. The van der Waals surface area contributed by atoms with E-state index in [2.05, 4.69) is 25.5 Å². The fraction of sp³-hybridized carbons (Fsp3) is 0.478. The molecule has 1 aromatic carbocycles. The molecular weight excluding hydrogens is 410 g/mol. The van der Waals surface area contributed by atoms with Crippen LogP contribution < -0.4 is 15.5 Å². The van der Waals surface area contributed by atoms with Crippen LogP contribution in [0.5, 0.6) is 0 Å². The lowest BCUT2D eigenvalue weighted by molar-refractivity contribution is -0.170. The fourth-order valence-electron chi connectivity index (χ4n) is 3.63. The predicted molar refractivity (Wildman–Crippen MR) is 122 cm³/mol. The Morgan fingerprint density at radius 3 is 2.22 bits per heavy atom. The molecule has 0 bridgehead atoms. The van der Waals surface area contributed by atoms with Crippen LogP contribution in [0.1, 0.15) is 44.0 Å². The van der Waals surface area contributed by atoms with Crippen LogP contribution in [-0.2, 0) is 4.79 Å². The summed E-state index contributed by atoms with van der Waals surface area (Å²) in [5, 5.41) is 25.8. The molecule has 1 aliphatic heterocycles. The lowest BCUT2D eigenvalue weighted by Gasteiger charge is -2.36. The number of carboxylic acids is 1. The highest BCUT2D eigenvalue weighted by atomic mass is 16.4. The van der Waals surface area contributed by atoms with Gasteiger partial charge in [0.1, 0.15) is 0 Å². The average molecular weight is 442 g/mol. The van der Waals surface area contributed by atoms with Crippen LogP contribution in [0, 0.1) is 5.41 Å². The molecule has 2 aromatic rings. The van der Waals surface area contributed by atoms with Crippen molar-refractivity contribution in [3.63, 3.8) is 0 Å². The minimum atomic E-state index is -2.06. The molecule has 1 aliphatic rings. The number of nitrogens with one attached hydrogen (secondary N) is 2. The Morgan fingerprint density at radius 2 is 1.69 bits per heavy atom. The summed E-state index contributed by atoms with van der Waals surface area (Å²) in [5.41, 5.74) is -1.57.